The summed E-state index contributed by atoms with van der Waals surface area (Å²) in [5.41, 5.74) is 10.5. The molecule has 6 nitrogen and oxygen atoms in total. The maximum Gasteiger partial charge on any atom is 0.143 e. The minimum absolute atomic E-state index is 0.304. The van der Waals surface area contributed by atoms with Crippen molar-refractivity contribution in [1.82, 2.24) is 9.97 Å². The second kappa shape index (κ2) is 6.62. The molecule has 5 rings (SSSR count). The lowest BCUT2D eigenvalue weighted by molar-refractivity contribution is 0.0705. The van der Waals surface area contributed by atoms with Crippen LogP contribution in [0, 0.1) is 11.8 Å². The predicted molar refractivity (Wildman–Crippen MR) is 105 cm³/mol. The van der Waals surface area contributed by atoms with Crippen LogP contribution < -0.4 is 15.4 Å². The van der Waals surface area contributed by atoms with E-state index >= 15 is 0 Å². The van der Waals surface area contributed by atoms with Crippen molar-refractivity contribution in [3.05, 3.63) is 42.2 Å². The van der Waals surface area contributed by atoms with Crippen molar-refractivity contribution < 1.29 is 9.47 Å². The first kappa shape index (κ1) is 16.2. The van der Waals surface area contributed by atoms with E-state index in [4.69, 9.17) is 15.2 Å². The SMILES string of the molecule is NCC#Cc1c[nH]c2ncc(-c3ccc4c(c3)OCC3COCCN43)cc12. The fourth-order valence-corrected chi connectivity index (χ4v) is 3.75. The van der Waals surface area contributed by atoms with Gasteiger partial charge >= 0.3 is 0 Å². The summed E-state index contributed by atoms with van der Waals surface area (Å²) in [6, 6.07) is 8.78. The van der Waals surface area contributed by atoms with Gasteiger partial charge < -0.3 is 25.1 Å². The molecule has 0 radical (unpaired) electrons. The molecule has 3 aromatic rings. The molecule has 2 aliphatic rings. The van der Waals surface area contributed by atoms with E-state index in [1.807, 2.05) is 12.4 Å². The van der Waals surface area contributed by atoms with Gasteiger partial charge in [-0.15, -0.1) is 0 Å². The molecular weight excluding hydrogens is 340 g/mol. The Hall–Kier alpha value is -3.01. The summed E-state index contributed by atoms with van der Waals surface area (Å²) in [5, 5.41) is 1.00. The lowest BCUT2D eigenvalue weighted by Crippen LogP contribution is -2.51. The molecule has 0 amide bonds. The lowest BCUT2D eigenvalue weighted by Gasteiger charge is -2.41. The number of benzene rings is 1. The zero-order valence-electron chi connectivity index (χ0n) is 14.9. The van der Waals surface area contributed by atoms with Gasteiger partial charge in [-0.2, -0.15) is 0 Å². The van der Waals surface area contributed by atoms with Crippen LogP contribution in [0.5, 0.6) is 5.75 Å². The number of ether oxygens (including phenoxy) is 2. The number of H-pyrrole nitrogens is 1. The highest BCUT2D eigenvalue weighted by Gasteiger charge is 2.30. The van der Waals surface area contributed by atoms with Crippen molar-refractivity contribution in [3.63, 3.8) is 0 Å². The molecule has 0 aliphatic carbocycles. The predicted octanol–water partition coefficient (Wildman–Crippen LogP) is 2.14. The summed E-state index contributed by atoms with van der Waals surface area (Å²) >= 11 is 0. The van der Waals surface area contributed by atoms with Gasteiger partial charge in [-0.05, 0) is 23.8 Å². The molecule has 27 heavy (non-hydrogen) atoms. The summed E-state index contributed by atoms with van der Waals surface area (Å²) < 4.78 is 11.6. The Bertz CT molecular complexity index is 1060. The van der Waals surface area contributed by atoms with E-state index in [0.717, 1.165) is 58.9 Å². The summed E-state index contributed by atoms with van der Waals surface area (Å²) in [6.07, 6.45) is 3.75. The van der Waals surface area contributed by atoms with Gasteiger partial charge in [0.05, 0.1) is 37.1 Å². The third-order valence-corrected chi connectivity index (χ3v) is 5.12. The molecule has 0 spiro atoms. The number of hydrogen-bond acceptors (Lipinski definition) is 5. The number of nitrogens with one attached hydrogen (secondary N) is 1. The molecule has 1 aromatic carbocycles. The zero-order valence-corrected chi connectivity index (χ0v) is 14.9. The van der Waals surface area contributed by atoms with Crippen LogP contribution >= 0.6 is 0 Å². The van der Waals surface area contributed by atoms with E-state index in [1.165, 1.54) is 0 Å². The van der Waals surface area contributed by atoms with Crippen molar-refractivity contribution in [3.8, 4) is 28.7 Å². The molecule has 6 heteroatoms. The van der Waals surface area contributed by atoms with Gasteiger partial charge in [-0.1, -0.05) is 17.9 Å². The summed E-state index contributed by atoms with van der Waals surface area (Å²) in [4.78, 5) is 10.1. The quantitative estimate of drug-likeness (QED) is 0.650. The van der Waals surface area contributed by atoms with Gasteiger partial charge in [0, 0.05) is 29.9 Å². The van der Waals surface area contributed by atoms with Crippen molar-refractivity contribution in [2.24, 2.45) is 5.73 Å². The standard InChI is InChI=1S/C21H20N4O2/c22-5-1-2-15-10-23-21-18(15)8-16(11-24-21)14-3-4-19-20(9-14)27-13-17-12-26-7-6-25(17)19/h3-4,8-11,17H,5-7,12-13,22H2,(H,23,24). The molecular formula is C21H20N4O2. The van der Waals surface area contributed by atoms with Gasteiger partial charge in [0.25, 0.3) is 0 Å². The normalized spacial score (nSPS) is 18.3. The van der Waals surface area contributed by atoms with Gasteiger partial charge in [-0.25, -0.2) is 4.98 Å². The highest BCUT2D eigenvalue weighted by molar-refractivity contribution is 5.87. The molecule has 1 atom stereocenters. The van der Waals surface area contributed by atoms with E-state index in [1.54, 1.807) is 0 Å². The van der Waals surface area contributed by atoms with Gasteiger partial charge in [0.2, 0.25) is 0 Å². The number of pyridine rings is 1. The van der Waals surface area contributed by atoms with E-state index in [2.05, 4.69) is 51.0 Å². The molecule has 1 saturated heterocycles. The van der Waals surface area contributed by atoms with Crippen LogP contribution in [0.1, 0.15) is 5.56 Å². The van der Waals surface area contributed by atoms with Gasteiger partial charge in [-0.3, -0.25) is 0 Å². The lowest BCUT2D eigenvalue weighted by atomic mass is 10.0. The fourth-order valence-electron chi connectivity index (χ4n) is 3.75. The molecule has 136 valence electrons. The number of aromatic amines is 1. The van der Waals surface area contributed by atoms with E-state index in [9.17, 15) is 0 Å². The summed E-state index contributed by atoms with van der Waals surface area (Å²) in [6.45, 7) is 3.38. The average Bonchev–Trinajstić information content (AvgIpc) is 3.14. The Labute approximate surface area is 157 Å². The highest BCUT2D eigenvalue weighted by Crippen LogP contribution is 2.38. The second-order valence-electron chi connectivity index (χ2n) is 6.74. The van der Waals surface area contributed by atoms with Crippen LogP contribution in [-0.2, 0) is 4.74 Å². The molecule has 3 N–H and O–H groups in total. The molecule has 1 unspecified atom stereocenters. The molecule has 1 fully saturated rings. The topological polar surface area (TPSA) is 76.4 Å². The first-order valence-corrected chi connectivity index (χ1v) is 9.11. The Balaban J connectivity index is 1.53. The molecule has 2 aromatic heterocycles. The van der Waals surface area contributed by atoms with Crippen LogP contribution in [0.4, 0.5) is 5.69 Å². The minimum atomic E-state index is 0.304. The Kier molecular flexibility index (Phi) is 3.97. The summed E-state index contributed by atoms with van der Waals surface area (Å²) in [5.74, 6) is 6.92. The molecule has 0 saturated carbocycles. The maximum atomic E-state index is 6.02. The van der Waals surface area contributed by atoms with E-state index < -0.39 is 0 Å². The zero-order chi connectivity index (χ0) is 18.2. The number of nitrogens with two attached hydrogens (primary N) is 1. The third-order valence-electron chi connectivity index (χ3n) is 5.12. The van der Waals surface area contributed by atoms with Gasteiger partial charge in [0.1, 0.15) is 18.0 Å². The van der Waals surface area contributed by atoms with Crippen LogP contribution in [0.3, 0.4) is 0 Å². The van der Waals surface area contributed by atoms with Crippen LogP contribution in [0.15, 0.2) is 36.7 Å². The Morgan fingerprint density at radius 2 is 2.22 bits per heavy atom. The first-order valence-electron chi connectivity index (χ1n) is 9.11. The molecule has 4 heterocycles. The molecule has 2 aliphatic heterocycles. The first-order chi connectivity index (χ1) is 13.3. The van der Waals surface area contributed by atoms with E-state index in [0.29, 0.717) is 19.2 Å². The molecule has 0 bridgehead atoms. The van der Waals surface area contributed by atoms with Crippen LogP contribution in [0.25, 0.3) is 22.2 Å². The Morgan fingerprint density at radius 3 is 3.15 bits per heavy atom. The highest BCUT2D eigenvalue weighted by atomic mass is 16.5. The van der Waals surface area contributed by atoms with Crippen molar-refractivity contribution in [1.29, 1.82) is 0 Å². The Morgan fingerprint density at radius 1 is 1.26 bits per heavy atom. The van der Waals surface area contributed by atoms with E-state index in [-0.39, 0.29) is 0 Å². The number of fused-ring (bicyclic) bond motifs is 4. The summed E-state index contributed by atoms with van der Waals surface area (Å²) in [7, 11) is 0. The third kappa shape index (κ3) is 2.81. The van der Waals surface area contributed by atoms with Crippen molar-refractivity contribution in [2.45, 2.75) is 6.04 Å². The minimum Gasteiger partial charge on any atom is -0.489 e. The van der Waals surface area contributed by atoms with Gasteiger partial charge in [0.15, 0.2) is 0 Å². The second-order valence-corrected chi connectivity index (χ2v) is 6.74. The smallest absolute Gasteiger partial charge is 0.143 e. The fraction of sp³-hybridized carbons (Fsp3) is 0.286. The average molecular weight is 360 g/mol. The van der Waals surface area contributed by atoms with Crippen molar-refractivity contribution >= 4 is 16.7 Å². The number of hydrogen-bond donors (Lipinski definition) is 2. The number of rotatable bonds is 1. The monoisotopic (exact) mass is 360 g/mol. The maximum absolute atomic E-state index is 6.02. The number of morpholine rings is 1. The number of nitrogens with zero attached hydrogens (tertiary/aromatic N) is 2. The van der Waals surface area contributed by atoms with Crippen LogP contribution in [-0.4, -0.2) is 48.9 Å². The van der Waals surface area contributed by atoms with Crippen LogP contribution in [0.2, 0.25) is 0 Å². The largest absolute Gasteiger partial charge is 0.489 e. The number of anilines is 1. The number of aromatic nitrogens is 2. The van der Waals surface area contributed by atoms with Crippen molar-refractivity contribution in [2.75, 3.05) is 37.8 Å².